The summed E-state index contributed by atoms with van der Waals surface area (Å²) in [7, 11) is -3.35. The minimum Gasteiger partial charge on any atom is -0.330 e. The number of rotatable bonds is 8. The molecule has 0 aliphatic heterocycles. The third-order valence-corrected chi connectivity index (χ3v) is 3.43. The number of nitrogens with two attached hydrogens (primary N) is 1. The standard InChI is InChI=1S/C9H23N3O2S/c1-4-9(5-6-10)7-11-15(13,14)12-8(2)3/h8-9,11-12H,4-7,10H2,1-3H3. The molecule has 4 N–H and O–H groups in total. The minimum atomic E-state index is -3.35. The first-order chi connectivity index (χ1) is 6.91. The quantitative estimate of drug-likeness (QED) is 0.563. The lowest BCUT2D eigenvalue weighted by Crippen LogP contribution is -2.42. The zero-order chi connectivity index (χ0) is 11.9. The van der Waals surface area contributed by atoms with Crippen molar-refractivity contribution in [3.63, 3.8) is 0 Å². The molecule has 0 saturated heterocycles. The number of nitrogens with one attached hydrogen (secondary N) is 2. The van der Waals surface area contributed by atoms with E-state index in [1.54, 1.807) is 13.8 Å². The van der Waals surface area contributed by atoms with Crippen LogP contribution in [0.2, 0.25) is 0 Å². The fourth-order valence-electron chi connectivity index (χ4n) is 1.27. The van der Waals surface area contributed by atoms with Gasteiger partial charge in [-0.05, 0) is 32.7 Å². The Morgan fingerprint density at radius 2 is 1.93 bits per heavy atom. The van der Waals surface area contributed by atoms with E-state index in [9.17, 15) is 8.42 Å². The van der Waals surface area contributed by atoms with Crippen molar-refractivity contribution in [3.05, 3.63) is 0 Å². The van der Waals surface area contributed by atoms with Crippen molar-refractivity contribution < 1.29 is 8.42 Å². The van der Waals surface area contributed by atoms with E-state index >= 15 is 0 Å². The van der Waals surface area contributed by atoms with Gasteiger partial charge in [-0.2, -0.15) is 13.1 Å². The number of hydrogen-bond donors (Lipinski definition) is 3. The summed E-state index contributed by atoms with van der Waals surface area (Å²) < 4.78 is 27.8. The largest absolute Gasteiger partial charge is 0.330 e. The SMILES string of the molecule is CCC(CCN)CNS(=O)(=O)NC(C)C. The minimum absolute atomic E-state index is 0.0860. The Balaban J connectivity index is 4.01. The fourth-order valence-corrected chi connectivity index (χ4v) is 2.42. The molecule has 0 aromatic carbocycles. The van der Waals surface area contributed by atoms with Gasteiger partial charge in [-0.1, -0.05) is 13.3 Å². The van der Waals surface area contributed by atoms with E-state index in [2.05, 4.69) is 9.44 Å². The predicted octanol–water partition coefficient (Wildman–Crippen LogP) is 0.194. The molecular weight excluding hydrogens is 214 g/mol. The van der Waals surface area contributed by atoms with Crippen LogP contribution in [0.25, 0.3) is 0 Å². The lowest BCUT2D eigenvalue weighted by Gasteiger charge is -2.16. The molecule has 0 saturated carbocycles. The third-order valence-electron chi connectivity index (χ3n) is 2.11. The van der Waals surface area contributed by atoms with E-state index in [0.717, 1.165) is 12.8 Å². The normalized spacial score (nSPS) is 14.5. The lowest BCUT2D eigenvalue weighted by atomic mass is 10.0. The molecule has 0 aromatic rings. The summed E-state index contributed by atoms with van der Waals surface area (Å²) in [4.78, 5) is 0. The van der Waals surface area contributed by atoms with Gasteiger partial charge in [-0.3, -0.25) is 0 Å². The molecule has 0 bridgehead atoms. The first-order valence-electron chi connectivity index (χ1n) is 5.38. The van der Waals surface area contributed by atoms with Gasteiger partial charge in [-0.15, -0.1) is 0 Å². The molecule has 0 aliphatic carbocycles. The molecule has 0 aromatic heterocycles. The maximum atomic E-state index is 11.4. The highest BCUT2D eigenvalue weighted by Gasteiger charge is 2.13. The van der Waals surface area contributed by atoms with Gasteiger partial charge in [0.2, 0.25) is 0 Å². The van der Waals surface area contributed by atoms with Crippen LogP contribution in [0.15, 0.2) is 0 Å². The van der Waals surface area contributed by atoms with Crippen molar-refractivity contribution in [2.75, 3.05) is 13.1 Å². The predicted molar refractivity (Wildman–Crippen MR) is 62.6 cm³/mol. The summed E-state index contributed by atoms with van der Waals surface area (Å²) in [5.74, 6) is 0.318. The summed E-state index contributed by atoms with van der Waals surface area (Å²) >= 11 is 0. The maximum absolute atomic E-state index is 11.4. The van der Waals surface area contributed by atoms with Gasteiger partial charge in [-0.25, -0.2) is 4.72 Å². The molecule has 5 nitrogen and oxygen atoms in total. The lowest BCUT2D eigenvalue weighted by molar-refractivity contribution is 0.462. The Hall–Kier alpha value is -0.170. The molecule has 6 heteroatoms. The molecule has 1 unspecified atom stereocenters. The average molecular weight is 237 g/mol. The smallest absolute Gasteiger partial charge is 0.277 e. The van der Waals surface area contributed by atoms with Crippen LogP contribution in [0.1, 0.15) is 33.6 Å². The molecule has 0 spiro atoms. The van der Waals surface area contributed by atoms with E-state index in [1.807, 2.05) is 6.92 Å². The van der Waals surface area contributed by atoms with Crippen molar-refractivity contribution in [2.24, 2.45) is 11.7 Å². The number of hydrogen-bond acceptors (Lipinski definition) is 3. The molecule has 1 atom stereocenters. The Kier molecular flexibility index (Phi) is 7.08. The molecule has 0 heterocycles. The molecule has 0 aliphatic rings. The van der Waals surface area contributed by atoms with E-state index in [-0.39, 0.29) is 6.04 Å². The second-order valence-electron chi connectivity index (χ2n) is 3.98. The van der Waals surface area contributed by atoms with Gasteiger partial charge in [0.1, 0.15) is 0 Å². The van der Waals surface area contributed by atoms with Crippen LogP contribution < -0.4 is 15.2 Å². The van der Waals surface area contributed by atoms with Crippen LogP contribution in [0, 0.1) is 5.92 Å². The molecule has 0 fully saturated rings. The van der Waals surface area contributed by atoms with Crippen LogP contribution >= 0.6 is 0 Å². The van der Waals surface area contributed by atoms with Gasteiger partial charge in [0.05, 0.1) is 0 Å². The summed E-state index contributed by atoms with van der Waals surface area (Å²) in [6.45, 7) is 6.66. The van der Waals surface area contributed by atoms with E-state index in [1.165, 1.54) is 0 Å². The summed E-state index contributed by atoms with van der Waals surface area (Å²) in [5.41, 5.74) is 5.43. The monoisotopic (exact) mass is 237 g/mol. The summed E-state index contributed by atoms with van der Waals surface area (Å²) in [5, 5.41) is 0. The molecule has 0 radical (unpaired) electrons. The Bertz CT molecular complexity index is 252. The second-order valence-corrected chi connectivity index (χ2v) is 5.51. The van der Waals surface area contributed by atoms with Crippen molar-refractivity contribution in [2.45, 2.75) is 39.7 Å². The van der Waals surface area contributed by atoms with Gasteiger partial charge in [0.25, 0.3) is 10.2 Å². The van der Waals surface area contributed by atoms with Crippen LogP contribution in [0.4, 0.5) is 0 Å². The van der Waals surface area contributed by atoms with E-state index in [0.29, 0.717) is 19.0 Å². The Labute approximate surface area is 93.0 Å². The van der Waals surface area contributed by atoms with Crippen molar-refractivity contribution in [3.8, 4) is 0 Å². The molecule has 0 rings (SSSR count). The highest BCUT2D eigenvalue weighted by Crippen LogP contribution is 2.05. The highest BCUT2D eigenvalue weighted by molar-refractivity contribution is 7.87. The van der Waals surface area contributed by atoms with Gasteiger partial charge < -0.3 is 5.73 Å². The average Bonchev–Trinajstić information content (AvgIpc) is 2.10. The van der Waals surface area contributed by atoms with Gasteiger partial charge in [0.15, 0.2) is 0 Å². The van der Waals surface area contributed by atoms with E-state index in [4.69, 9.17) is 5.73 Å². The fraction of sp³-hybridized carbons (Fsp3) is 1.00. The second kappa shape index (κ2) is 7.16. The van der Waals surface area contributed by atoms with Gasteiger partial charge in [0, 0.05) is 12.6 Å². The van der Waals surface area contributed by atoms with Gasteiger partial charge >= 0.3 is 0 Å². The van der Waals surface area contributed by atoms with Crippen molar-refractivity contribution in [1.29, 1.82) is 0 Å². The maximum Gasteiger partial charge on any atom is 0.277 e. The third kappa shape index (κ3) is 7.72. The molecular formula is C9H23N3O2S. The summed E-state index contributed by atoms with van der Waals surface area (Å²) in [6.07, 6.45) is 1.78. The van der Waals surface area contributed by atoms with Crippen LogP contribution in [-0.2, 0) is 10.2 Å². The zero-order valence-electron chi connectivity index (χ0n) is 9.79. The summed E-state index contributed by atoms with van der Waals surface area (Å²) in [6, 6.07) is -0.0860. The first-order valence-corrected chi connectivity index (χ1v) is 6.86. The van der Waals surface area contributed by atoms with Crippen LogP contribution in [0.3, 0.4) is 0 Å². The molecule has 0 amide bonds. The molecule has 15 heavy (non-hydrogen) atoms. The van der Waals surface area contributed by atoms with Crippen LogP contribution in [-0.4, -0.2) is 27.5 Å². The van der Waals surface area contributed by atoms with E-state index < -0.39 is 10.2 Å². The zero-order valence-corrected chi connectivity index (χ0v) is 10.6. The van der Waals surface area contributed by atoms with Crippen LogP contribution in [0.5, 0.6) is 0 Å². The van der Waals surface area contributed by atoms with Crippen molar-refractivity contribution in [1.82, 2.24) is 9.44 Å². The highest BCUT2D eigenvalue weighted by atomic mass is 32.2. The Morgan fingerprint density at radius 3 is 2.33 bits per heavy atom. The van der Waals surface area contributed by atoms with Crippen molar-refractivity contribution >= 4 is 10.2 Å². The Morgan fingerprint density at radius 1 is 1.33 bits per heavy atom. The molecule has 92 valence electrons. The topological polar surface area (TPSA) is 84.2 Å². The first kappa shape index (κ1) is 14.8.